The number of furan rings is 1. The van der Waals surface area contributed by atoms with Crippen molar-refractivity contribution in [1.82, 2.24) is 0 Å². The topological polar surface area (TPSA) is 33.4 Å². The smallest absolute Gasteiger partial charge is 0.137 e. The SMILES string of the molecule is OC(c1ccc2c(c1)CCC2)c1ccco1. The minimum absolute atomic E-state index is 0.609. The molecule has 1 aromatic carbocycles. The van der Waals surface area contributed by atoms with Crippen molar-refractivity contribution in [1.29, 1.82) is 0 Å². The van der Waals surface area contributed by atoms with Crippen molar-refractivity contribution in [2.75, 3.05) is 0 Å². The van der Waals surface area contributed by atoms with E-state index < -0.39 is 6.10 Å². The average molecular weight is 214 g/mol. The Kier molecular flexibility index (Phi) is 2.29. The molecule has 16 heavy (non-hydrogen) atoms. The molecule has 2 nitrogen and oxygen atoms in total. The van der Waals surface area contributed by atoms with E-state index in [2.05, 4.69) is 12.1 Å². The Balaban J connectivity index is 1.95. The van der Waals surface area contributed by atoms with E-state index in [1.54, 1.807) is 18.4 Å². The van der Waals surface area contributed by atoms with Crippen LogP contribution < -0.4 is 0 Å². The highest BCUT2D eigenvalue weighted by Gasteiger charge is 2.16. The zero-order valence-electron chi connectivity index (χ0n) is 9.02. The molecule has 0 amide bonds. The Hall–Kier alpha value is -1.54. The van der Waals surface area contributed by atoms with Gasteiger partial charge >= 0.3 is 0 Å². The quantitative estimate of drug-likeness (QED) is 0.833. The lowest BCUT2D eigenvalue weighted by Gasteiger charge is -2.10. The summed E-state index contributed by atoms with van der Waals surface area (Å²) in [5.74, 6) is 0.609. The van der Waals surface area contributed by atoms with E-state index in [-0.39, 0.29) is 0 Å². The standard InChI is InChI=1S/C14H14O2/c15-14(13-5-2-8-16-13)12-7-6-10-3-1-4-11(10)9-12/h2,5-9,14-15H,1,3-4H2. The highest BCUT2D eigenvalue weighted by molar-refractivity contribution is 5.37. The molecular weight excluding hydrogens is 200 g/mol. The normalized spacial score (nSPS) is 16.1. The van der Waals surface area contributed by atoms with Crippen molar-refractivity contribution < 1.29 is 9.52 Å². The summed E-state index contributed by atoms with van der Waals surface area (Å²) >= 11 is 0. The first-order valence-electron chi connectivity index (χ1n) is 5.68. The van der Waals surface area contributed by atoms with Crippen LogP contribution in [0.3, 0.4) is 0 Å². The first-order valence-corrected chi connectivity index (χ1v) is 5.68. The molecule has 0 saturated carbocycles. The molecule has 0 bridgehead atoms. The molecule has 0 fully saturated rings. The van der Waals surface area contributed by atoms with Gasteiger partial charge < -0.3 is 9.52 Å². The number of benzene rings is 1. The van der Waals surface area contributed by atoms with Crippen molar-refractivity contribution in [2.24, 2.45) is 0 Å². The molecule has 2 aromatic rings. The van der Waals surface area contributed by atoms with Gasteiger partial charge in [0.25, 0.3) is 0 Å². The van der Waals surface area contributed by atoms with Crippen LogP contribution in [0.4, 0.5) is 0 Å². The Morgan fingerprint density at radius 1 is 1.12 bits per heavy atom. The lowest BCUT2D eigenvalue weighted by molar-refractivity contribution is 0.189. The second kappa shape index (κ2) is 3.80. The Bertz CT molecular complexity index is 485. The predicted molar refractivity (Wildman–Crippen MR) is 61.2 cm³/mol. The Morgan fingerprint density at radius 2 is 2.00 bits per heavy atom. The predicted octanol–water partition coefficient (Wildman–Crippen LogP) is 2.85. The van der Waals surface area contributed by atoms with Crippen LogP contribution in [0.5, 0.6) is 0 Å². The van der Waals surface area contributed by atoms with Gasteiger partial charge in [-0.15, -0.1) is 0 Å². The lowest BCUT2D eigenvalue weighted by atomic mass is 10.0. The fourth-order valence-corrected chi connectivity index (χ4v) is 2.37. The molecule has 0 saturated heterocycles. The molecule has 1 N–H and O–H groups in total. The van der Waals surface area contributed by atoms with Gasteiger partial charge in [-0.25, -0.2) is 0 Å². The van der Waals surface area contributed by atoms with E-state index in [1.807, 2.05) is 6.07 Å². The number of rotatable bonds is 2. The van der Waals surface area contributed by atoms with Crippen molar-refractivity contribution in [2.45, 2.75) is 25.4 Å². The summed E-state index contributed by atoms with van der Waals surface area (Å²) in [5.41, 5.74) is 3.73. The number of aliphatic hydroxyl groups excluding tert-OH is 1. The maximum Gasteiger partial charge on any atom is 0.137 e. The summed E-state index contributed by atoms with van der Waals surface area (Å²) in [7, 11) is 0. The van der Waals surface area contributed by atoms with Crippen LogP contribution in [0.1, 0.15) is 35.0 Å². The monoisotopic (exact) mass is 214 g/mol. The molecular formula is C14H14O2. The zero-order chi connectivity index (χ0) is 11.0. The molecule has 1 aliphatic rings. The van der Waals surface area contributed by atoms with E-state index in [9.17, 15) is 5.11 Å². The van der Waals surface area contributed by atoms with E-state index in [1.165, 1.54) is 24.0 Å². The van der Waals surface area contributed by atoms with E-state index in [4.69, 9.17) is 4.42 Å². The summed E-state index contributed by atoms with van der Waals surface area (Å²) < 4.78 is 5.22. The number of hydrogen-bond acceptors (Lipinski definition) is 2. The molecule has 0 spiro atoms. The summed E-state index contributed by atoms with van der Waals surface area (Å²) in [6.45, 7) is 0. The molecule has 1 heterocycles. The summed E-state index contributed by atoms with van der Waals surface area (Å²) in [6, 6.07) is 9.83. The van der Waals surface area contributed by atoms with Crippen molar-refractivity contribution in [3.63, 3.8) is 0 Å². The van der Waals surface area contributed by atoms with E-state index >= 15 is 0 Å². The molecule has 1 atom stereocenters. The number of aliphatic hydroxyl groups is 1. The molecule has 1 aromatic heterocycles. The van der Waals surface area contributed by atoms with Crippen LogP contribution >= 0.6 is 0 Å². The van der Waals surface area contributed by atoms with Gasteiger partial charge in [-0.3, -0.25) is 0 Å². The molecule has 82 valence electrons. The van der Waals surface area contributed by atoms with Crippen LogP contribution in [0.25, 0.3) is 0 Å². The van der Waals surface area contributed by atoms with Crippen LogP contribution in [-0.4, -0.2) is 5.11 Å². The largest absolute Gasteiger partial charge is 0.466 e. The van der Waals surface area contributed by atoms with Crippen LogP contribution in [0.15, 0.2) is 41.0 Å². The summed E-state index contributed by atoms with van der Waals surface area (Å²) in [6.07, 6.45) is 4.49. The van der Waals surface area contributed by atoms with Crippen molar-refractivity contribution in [3.8, 4) is 0 Å². The van der Waals surface area contributed by atoms with Gasteiger partial charge in [-0.05, 0) is 48.1 Å². The third-order valence-electron chi connectivity index (χ3n) is 3.25. The van der Waals surface area contributed by atoms with Gasteiger partial charge in [0.2, 0.25) is 0 Å². The van der Waals surface area contributed by atoms with Gasteiger partial charge in [0.05, 0.1) is 6.26 Å². The Morgan fingerprint density at radius 3 is 2.81 bits per heavy atom. The zero-order valence-corrected chi connectivity index (χ0v) is 9.02. The second-order valence-corrected chi connectivity index (χ2v) is 4.30. The van der Waals surface area contributed by atoms with Crippen LogP contribution in [-0.2, 0) is 12.8 Å². The molecule has 0 radical (unpaired) electrons. The van der Waals surface area contributed by atoms with Crippen molar-refractivity contribution in [3.05, 3.63) is 59.0 Å². The van der Waals surface area contributed by atoms with Crippen LogP contribution in [0, 0.1) is 0 Å². The molecule has 1 aliphatic carbocycles. The minimum Gasteiger partial charge on any atom is -0.466 e. The maximum atomic E-state index is 10.1. The molecule has 3 rings (SSSR count). The summed E-state index contributed by atoms with van der Waals surface area (Å²) in [4.78, 5) is 0. The van der Waals surface area contributed by atoms with E-state index in [0.29, 0.717) is 5.76 Å². The number of aryl methyl sites for hydroxylation is 2. The number of fused-ring (bicyclic) bond motifs is 1. The van der Waals surface area contributed by atoms with Gasteiger partial charge in [-0.2, -0.15) is 0 Å². The van der Waals surface area contributed by atoms with Crippen LogP contribution in [0.2, 0.25) is 0 Å². The average Bonchev–Trinajstić information content (AvgIpc) is 2.98. The maximum absolute atomic E-state index is 10.1. The molecule has 0 aliphatic heterocycles. The first kappa shape index (κ1) is 9.67. The molecule has 1 unspecified atom stereocenters. The summed E-state index contributed by atoms with van der Waals surface area (Å²) in [5, 5.41) is 10.1. The van der Waals surface area contributed by atoms with Gasteiger partial charge in [0, 0.05) is 0 Å². The minimum atomic E-state index is -0.638. The van der Waals surface area contributed by atoms with Gasteiger partial charge in [-0.1, -0.05) is 18.2 Å². The second-order valence-electron chi connectivity index (χ2n) is 4.30. The highest BCUT2D eigenvalue weighted by Crippen LogP contribution is 2.28. The van der Waals surface area contributed by atoms with Gasteiger partial charge in [0.15, 0.2) is 0 Å². The van der Waals surface area contributed by atoms with Gasteiger partial charge in [0.1, 0.15) is 11.9 Å². The van der Waals surface area contributed by atoms with Crippen molar-refractivity contribution >= 4 is 0 Å². The third kappa shape index (κ3) is 1.55. The number of hydrogen-bond donors (Lipinski definition) is 1. The fraction of sp³-hybridized carbons (Fsp3) is 0.286. The third-order valence-corrected chi connectivity index (χ3v) is 3.25. The molecule has 2 heteroatoms. The fourth-order valence-electron chi connectivity index (χ4n) is 2.37. The van der Waals surface area contributed by atoms with E-state index in [0.717, 1.165) is 12.0 Å². The lowest BCUT2D eigenvalue weighted by Crippen LogP contribution is -1.99. The first-order chi connectivity index (χ1) is 7.84. The Labute approximate surface area is 94.5 Å². The highest BCUT2D eigenvalue weighted by atomic mass is 16.4.